The van der Waals surface area contributed by atoms with Crippen LogP contribution in [0.4, 0.5) is 38.3 Å². The summed E-state index contributed by atoms with van der Waals surface area (Å²) in [6.45, 7) is -2.47. The number of hydrogen-bond donors (Lipinski definition) is 19. The van der Waals surface area contributed by atoms with E-state index in [9.17, 15) is 73.6 Å². The van der Waals surface area contributed by atoms with Crippen molar-refractivity contribution in [3.8, 4) is 0 Å². The van der Waals surface area contributed by atoms with E-state index in [0.29, 0.717) is 4.57 Å². The van der Waals surface area contributed by atoms with Gasteiger partial charge in [0, 0.05) is 25.0 Å². The van der Waals surface area contributed by atoms with Gasteiger partial charge in [-0.15, -0.1) is 0 Å². The molecule has 24 N–H and O–H groups in total. The monoisotopic (exact) mass is 1220 g/mol. The summed E-state index contributed by atoms with van der Waals surface area (Å²) in [5, 5.41) is 121. The van der Waals surface area contributed by atoms with Crippen molar-refractivity contribution in [2.75, 3.05) is 61.7 Å². The number of H-pyrrole nitrogens is 1. The van der Waals surface area contributed by atoms with Gasteiger partial charge in [0.25, 0.3) is 5.56 Å². The molecule has 10 rings (SSSR count). The molecule has 0 spiro atoms. The van der Waals surface area contributed by atoms with Crippen LogP contribution in [0.2, 0.25) is 0 Å². The van der Waals surface area contributed by atoms with Crippen LogP contribution in [-0.2, 0) is 23.7 Å². The zero-order chi connectivity index (χ0) is 62.9. The van der Waals surface area contributed by atoms with Crippen molar-refractivity contribution in [2.24, 2.45) is 0 Å². The maximum absolute atomic E-state index is 13.7. The number of aliphatic hydroxyl groups is 13. The van der Waals surface area contributed by atoms with Crippen LogP contribution in [0, 0.1) is 0 Å². The number of aromatic nitrogens is 12. The maximum atomic E-state index is 13.7. The van der Waals surface area contributed by atoms with Crippen LogP contribution in [0.15, 0.2) is 67.4 Å². The Balaban J connectivity index is 0.000000170. The normalized spacial score (nSPS) is 31.8. The molecule has 5 aliphatic heterocycles. The largest absolute Gasteiger partial charge is 0.394 e. The first kappa shape index (κ1) is 66.5. The van der Waals surface area contributed by atoms with E-state index in [0.717, 1.165) is 32.3 Å². The summed E-state index contributed by atoms with van der Waals surface area (Å²) in [5.41, 5.74) is 22.7. The fraction of sp³-hybridized carbons (Fsp3) is 0.581. The number of anilines is 5. The number of hydrogen-bond acceptors (Lipinski definition) is 35. The van der Waals surface area contributed by atoms with Crippen LogP contribution < -0.4 is 57.0 Å². The van der Waals surface area contributed by atoms with Gasteiger partial charge in [-0.1, -0.05) is 0 Å². The van der Waals surface area contributed by atoms with Crippen LogP contribution in [-0.4, -0.2) is 243 Å². The number of aliphatic hydroxyl groups excluding tert-OH is 13. The second-order valence-electron chi connectivity index (χ2n) is 18.6. The zero-order valence-corrected chi connectivity index (χ0v) is 43.6. The zero-order valence-electron chi connectivity index (χ0n) is 43.6. The smallest absolute Gasteiger partial charge is 0.354 e. The highest BCUT2D eigenvalue weighted by Crippen LogP contribution is 2.42. The van der Waals surface area contributed by atoms with Gasteiger partial charge in [-0.2, -0.15) is 28.7 Å². The fourth-order valence-corrected chi connectivity index (χ4v) is 8.47. The molecule has 0 saturated carbocycles. The standard InChI is InChI=1S/C9H11F2N3O4.2C9H13N3O5.C8H12N4O5.C8H12N4O4/c10-9(11)6(16)4(3-15)18-7(9)14-2-1-5(12)13-8(14)17;10-9-11-1-3(8(16)12-9)7-6(15)5(14)4(2-13)17-7;10-5-1-2-12(9(16)11-5)8-7(15)6(14)4(3-13)17-8;9-7-10-2-12(8(16)11-7)6-5(15)4(14)3(1-13)17-6;9-7-10-3-12(8(15)11-7)6-1-4(14)5(2-13)16-6/h1-2,4,6-7,15-16H,3H2,(H2,12,13,17);1,4-7,13-15H,2H2,(H3,10,11,12,16);1-2,4,6-8,13-15H,3H2,(H2,10,11,16);2-6,13-15H,1H2,(H2,9,11,16);3-6,13-14H,1-2H2,(H2,9,11,15)/t4-,6?,7-;4-,5?,6+,7+;4-,6?,7-,8-;3-,4?,5+,6-;4?,5-,6-/m11111/s1. The predicted octanol–water partition coefficient (Wildman–Crippen LogP) is -11.7. The van der Waals surface area contributed by atoms with E-state index >= 15 is 0 Å². The van der Waals surface area contributed by atoms with E-state index in [1.54, 1.807) is 0 Å². The molecule has 5 aliphatic rings. The molecule has 0 bridgehead atoms. The van der Waals surface area contributed by atoms with Gasteiger partial charge < -0.3 is 119 Å². The van der Waals surface area contributed by atoms with Crippen molar-refractivity contribution < 1.29 is 98.9 Å². The van der Waals surface area contributed by atoms with Crippen LogP contribution >= 0.6 is 0 Å². The average molecular weight is 1220 g/mol. The fourth-order valence-electron chi connectivity index (χ4n) is 8.47. The Morgan fingerprint density at radius 1 is 0.529 bits per heavy atom. The van der Waals surface area contributed by atoms with Gasteiger partial charge in [0.05, 0.1) is 44.7 Å². The lowest BCUT2D eigenvalue weighted by Gasteiger charge is -2.20. The third-order valence-corrected chi connectivity index (χ3v) is 13.0. The van der Waals surface area contributed by atoms with Gasteiger partial charge in [-0.05, 0) is 12.1 Å². The summed E-state index contributed by atoms with van der Waals surface area (Å²) in [5.74, 6) is -4.13. The number of nitrogens with zero attached hydrogens (tertiary/aromatic N) is 11. The number of alkyl halides is 2. The Bertz CT molecular complexity index is 3130. The van der Waals surface area contributed by atoms with Gasteiger partial charge in [-0.25, -0.2) is 34.1 Å². The number of aromatic amines is 1. The van der Waals surface area contributed by atoms with Crippen molar-refractivity contribution in [2.45, 2.75) is 123 Å². The van der Waals surface area contributed by atoms with Gasteiger partial charge >= 0.3 is 28.7 Å². The van der Waals surface area contributed by atoms with Crippen molar-refractivity contribution >= 4 is 29.5 Å². The Morgan fingerprint density at radius 3 is 1.40 bits per heavy atom. The number of halogens is 2. The summed E-state index contributed by atoms with van der Waals surface area (Å²) in [6, 6.07) is 2.52. The molecule has 18 atom stereocenters. The van der Waals surface area contributed by atoms with E-state index < -0.39 is 171 Å². The van der Waals surface area contributed by atoms with E-state index in [1.165, 1.54) is 24.8 Å². The number of rotatable bonds is 10. The van der Waals surface area contributed by atoms with Crippen molar-refractivity contribution in [3.63, 3.8) is 0 Å². The Kier molecular flexibility index (Phi) is 22.3. The first-order valence-electron chi connectivity index (χ1n) is 24.7. The van der Waals surface area contributed by atoms with Crippen molar-refractivity contribution in [1.82, 2.24) is 58.1 Å². The van der Waals surface area contributed by atoms with Crippen LogP contribution in [0.1, 0.15) is 43.0 Å². The Hall–Kier alpha value is -7.60. The molecule has 85 heavy (non-hydrogen) atoms. The molecule has 0 aromatic carbocycles. The quantitative estimate of drug-likeness (QED) is 0.0617. The average Bonchev–Trinajstić information content (AvgIpc) is 2.75. The lowest BCUT2D eigenvalue weighted by molar-refractivity contribution is -0.140. The highest BCUT2D eigenvalue weighted by molar-refractivity contribution is 5.25. The summed E-state index contributed by atoms with van der Waals surface area (Å²) in [4.78, 5) is 84.2. The second-order valence-corrected chi connectivity index (χ2v) is 18.6. The van der Waals surface area contributed by atoms with Crippen LogP contribution in [0.3, 0.4) is 0 Å². The minimum absolute atomic E-state index is 0.0505. The van der Waals surface area contributed by atoms with Gasteiger partial charge in [0.1, 0.15) is 104 Å². The molecule has 10 heterocycles. The van der Waals surface area contributed by atoms with E-state index in [1.807, 2.05) is 0 Å². The summed E-state index contributed by atoms with van der Waals surface area (Å²) < 4.78 is 56.5. The van der Waals surface area contributed by atoms with E-state index in [4.69, 9.17) is 77.9 Å². The molecule has 0 amide bonds. The van der Waals surface area contributed by atoms with Crippen molar-refractivity contribution in [3.05, 3.63) is 101 Å². The molecule has 5 fully saturated rings. The molecule has 5 aromatic heterocycles. The summed E-state index contributed by atoms with van der Waals surface area (Å²) in [6.07, 6.45) is -15.7. The number of nitrogens with two attached hydrogens (primary N) is 5. The maximum Gasteiger partial charge on any atom is 0.354 e. The summed E-state index contributed by atoms with van der Waals surface area (Å²) in [7, 11) is 0. The predicted molar refractivity (Wildman–Crippen MR) is 273 cm³/mol. The molecule has 5 saturated heterocycles. The number of nitrogen functional groups attached to an aromatic ring is 5. The molecule has 40 nitrogen and oxygen atoms in total. The Labute approximate surface area is 471 Å². The SMILES string of the molecule is Nc1ccn([C@@H]2O[C@H](CO)C(O)C2(F)F)c(=O)n1.Nc1ccn([C@@H]2O[C@H](CO)C(O)[C@H]2O)c(=O)n1.Nc1ncc([C@@H]2O[C@H](CO)C(O)[C@@H]2O)c(=O)[nH]1.Nc1ncn([C@@H]2O[C@H](CO)C(O)[C@@H]2O)c(=O)n1.Nc1ncn([C@H]2CC(O)[C@@H](CO)O2)c(=O)n1. The third kappa shape index (κ3) is 15.1. The molecule has 5 unspecified atom stereocenters. The van der Waals surface area contributed by atoms with E-state index in [2.05, 4.69) is 39.9 Å². The molecular formula is C43H61F2N17O23. The first-order chi connectivity index (χ1) is 40.1. The molecular weight excluding hydrogens is 1160 g/mol. The van der Waals surface area contributed by atoms with Gasteiger partial charge in [0.2, 0.25) is 18.1 Å². The summed E-state index contributed by atoms with van der Waals surface area (Å²) >= 11 is 0. The molecule has 42 heteroatoms. The third-order valence-electron chi connectivity index (χ3n) is 13.0. The second kappa shape index (κ2) is 28.5. The lowest BCUT2D eigenvalue weighted by atomic mass is 10.0. The minimum Gasteiger partial charge on any atom is -0.394 e. The van der Waals surface area contributed by atoms with Crippen LogP contribution in [0.5, 0.6) is 0 Å². The molecule has 0 radical (unpaired) electrons. The Morgan fingerprint density at radius 2 is 0.976 bits per heavy atom. The molecule has 470 valence electrons. The highest BCUT2D eigenvalue weighted by Gasteiger charge is 2.59. The lowest BCUT2D eigenvalue weighted by Crippen LogP contribution is -2.41. The van der Waals surface area contributed by atoms with Crippen LogP contribution in [0.25, 0.3) is 0 Å². The number of ether oxygens (including phenoxy) is 5. The highest BCUT2D eigenvalue weighted by atomic mass is 19.3. The van der Waals surface area contributed by atoms with Gasteiger partial charge in [-0.3, -0.25) is 28.0 Å². The molecule has 5 aromatic rings. The topological polar surface area (TPSA) is 650 Å². The molecule has 0 aliphatic carbocycles. The van der Waals surface area contributed by atoms with E-state index in [-0.39, 0.29) is 48.1 Å². The van der Waals surface area contributed by atoms with Gasteiger partial charge in [0.15, 0.2) is 24.5 Å². The first-order valence-corrected chi connectivity index (χ1v) is 24.7. The van der Waals surface area contributed by atoms with Crippen molar-refractivity contribution in [1.29, 1.82) is 0 Å². The minimum atomic E-state index is -3.71. The number of nitrogens with one attached hydrogen (secondary N) is 1.